The van der Waals surface area contributed by atoms with E-state index in [0.717, 1.165) is 44.3 Å². The molecule has 0 atom stereocenters. The van der Waals surface area contributed by atoms with E-state index in [0.29, 0.717) is 11.5 Å². The van der Waals surface area contributed by atoms with Gasteiger partial charge >= 0.3 is 0 Å². The summed E-state index contributed by atoms with van der Waals surface area (Å²) in [7, 11) is 1.78. The average Bonchev–Trinajstić information content (AvgIpc) is 2.98. The van der Waals surface area contributed by atoms with Crippen LogP contribution in [0.1, 0.15) is 50.7 Å². The monoisotopic (exact) mass is 461 g/mol. The maximum atomic E-state index is 5.40. The molecule has 0 aromatic carbocycles. The van der Waals surface area contributed by atoms with Gasteiger partial charge < -0.3 is 19.8 Å². The molecule has 0 radical (unpaired) electrons. The molecule has 0 spiro atoms. The zero-order chi connectivity index (χ0) is 16.7. The lowest BCUT2D eigenvalue weighted by Gasteiger charge is -2.19. The second-order valence-corrected chi connectivity index (χ2v) is 7.29. The van der Waals surface area contributed by atoms with Crippen molar-refractivity contribution in [1.29, 1.82) is 0 Å². The average molecular weight is 461 g/mol. The minimum Gasteiger partial charge on any atom is -0.469 e. The van der Waals surface area contributed by atoms with Crippen LogP contribution in [0.25, 0.3) is 0 Å². The predicted molar refractivity (Wildman–Crippen MR) is 112 cm³/mol. The number of methoxy groups -OCH3 is 1. The Labute approximate surface area is 168 Å². The summed E-state index contributed by atoms with van der Waals surface area (Å²) in [5.74, 6) is 1.98. The Morgan fingerprint density at radius 2 is 2.16 bits per heavy atom. The number of hydrogen-bond donors (Lipinski definition) is 2. The fraction of sp³-hybridized carbons (Fsp3) is 0.737. The van der Waals surface area contributed by atoms with Crippen molar-refractivity contribution in [2.45, 2.75) is 57.4 Å². The zero-order valence-corrected chi connectivity index (χ0v) is 17.6. The van der Waals surface area contributed by atoms with Gasteiger partial charge in [-0.2, -0.15) is 0 Å². The Morgan fingerprint density at radius 3 is 2.80 bits per heavy atom. The molecule has 2 aliphatic carbocycles. The van der Waals surface area contributed by atoms with E-state index in [2.05, 4.69) is 10.6 Å². The second-order valence-electron chi connectivity index (χ2n) is 7.29. The van der Waals surface area contributed by atoms with E-state index in [4.69, 9.17) is 14.1 Å². The maximum absolute atomic E-state index is 5.40. The van der Waals surface area contributed by atoms with Crippen molar-refractivity contribution in [1.82, 2.24) is 10.6 Å². The van der Waals surface area contributed by atoms with Gasteiger partial charge in [-0.25, -0.2) is 0 Å². The van der Waals surface area contributed by atoms with Crippen LogP contribution < -0.4 is 10.6 Å². The van der Waals surface area contributed by atoms with E-state index in [-0.39, 0.29) is 24.0 Å². The van der Waals surface area contributed by atoms with Gasteiger partial charge in [0.2, 0.25) is 0 Å². The third-order valence-corrected chi connectivity index (χ3v) is 5.31. The summed E-state index contributed by atoms with van der Waals surface area (Å²) < 4.78 is 10.7. The first-order valence-electron chi connectivity index (χ1n) is 9.36. The molecule has 3 rings (SSSR count). The highest BCUT2D eigenvalue weighted by Gasteiger charge is 2.41. The second kappa shape index (κ2) is 10.4. The van der Waals surface area contributed by atoms with Gasteiger partial charge in [-0.3, -0.25) is 4.99 Å². The lowest BCUT2D eigenvalue weighted by atomic mass is 10.0. The summed E-state index contributed by atoms with van der Waals surface area (Å²) in [6.07, 6.45) is 11.5. The topological polar surface area (TPSA) is 58.8 Å². The number of hydrogen-bond acceptors (Lipinski definition) is 3. The molecule has 0 amide bonds. The molecule has 1 aromatic heterocycles. The van der Waals surface area contributed by atoms with Gasteiger partial charge in [0.25, 0.3) is 0 Å². The van der Waals surface area contributed by atoms with Crippen LogP contribution in [-0.2, 0) is 11.2 Å². The fourth-order valence-electron chi connectivity index (χ4n) is 3.40. The van der Waals surface area contributed by atoms with Crippen LogP contribution in [0, 0.1) is 5.41 Å². The highest BCUT2D eigenvalue weighted by Crippen LogP contribution is 2.48. The molecule has 2 aliphatic rings. The van der Waals surface area contributed by atoms with Crippen LogP contribution in [-0.4, -0.2) is 38.8 Å². The molecule has 0 aliphatic heterocycles. The van der Waals surface area contributed by atoms with Crippen LogP contribution in [0.2, 0.25) is 0 Å². The van der Waals surface area contributed by atoms with Gasteiger partial charge in [0.05, 0.1) is 6.26 Å². The molecular formula is C19H32IN3O2. The van der Waals surface area contributed by atoms with Gasteiger partial charge in [-0.05, 0) is 49.7 Å². The van der Waals surface area contributed by atoms with Crippen LogP contribution in [0.5, 0.6) is 0 Å². The van der Waals surface area contributed by atoms with Crippen molar-refractivity contribution >= 4 is 29.9 Å². The van der Waals surface area contributed by atoms with Crippen LogP contribution in [0.15, 0.2) is 27.8 Å². The summed E-state index contributed by atoms with van der Waals surface area (Å²) in [6, 6.07) is 4.54. The van der Waals surface area contributed by atoms with E-state index in [1.807, 2.05) is 12.1 Å². The molecule has 25 heavy (non-hydrogen) atoms. The lowest BCUT2D eigenvalue weighted by Crippen LogP contribution is -2.43. The molecule has 5 nitrogen and oxygen atoms in total. The van der Waals surface area contributed by atoms with Crippen LogP contribution in [0.3, 0.4) is 0 Å². The standard InChI is InChI=1S/C19H31N3O2.HI/c1-23-14-11-19(9-10-19)15-21-18(22-16-5-2-3-6-16)20-12-8-17-7-4-13-24-17;/h4,7,13,16H,2-3,5-6,8-12,14-15H2,1H3,(H2,20,21,22);1H. The molecule has 2 fully saturated rings. The van der Waals surface area contributed by atoms with Crippen molar-refractivity contribution < 1.29 is 9.15 Å². The third kappa shape index (κ3) is 6.81. The minimum atomic E-state index is 0. The first kappa shape index (κ1) is 20.6. The third-order valence-electron chi connectivity index (χ3n) is 5.31. The van der Waals surface area contributed by atoms with Gasteiger partial charge in [0.15, 0.2) is 5.96 Å². The molecule has 2 saturated carbocycles. The smallest absolute Gasteiger partial charge is 0.191 e. The number of rotatable bonds is 9. The van der Waals surface area contributed by atoms with E-state index < -0.39 is 0 Å². The number of nitrogens with one attached hydrogen (secondary N) is 2. The van der Waals surface area contributed by atoms with E-state index in [9.17, 15) is 0 Å². The highest BCUT2D eigenvalue weighted by molar-refractivity contribution is 14.0. The van der Waals surface area contributed by atoms with Crippen LogP contribution in [0.4, 0.5) is 0 Å². The highest BCUT2D eigenvalue weighted by atomic mass is 127. The lowest BCUT2D eigenvalue weighted by molar-refractivity contribution is 0.174. The summed E-state index contributed by atoms with van der Waals surface area (Å²) in [4.78, 5) is 4.90. The van der Waals surface area contributed by atoms with Gasteiger partial charge in [-0.1, -0.05) is 12.8 Å². The molecule has 1 heterocycles. The van der Waals surface area contributed by atoms with E-state index in [1.165, 1.54) is 38.5 Å². The molecule has 0 unspecified atom stereocenters. The number of halogens is 1. The Bertz CT molecular complexity index is 509. The predicted octanol–water partition coefficient (Wildman–Crippen LogP) is 3.73. The Kier molecular flexibility index (Phi) is 8.55. The quantitative estimate of drug-likeness (QED) is 0.334. The van der Waals surface area contributed by atoms with Gasteiger partial charge in [0.1, 0.15) is 5.76 Å². The molecule has 142 valence electrons. The van der Waals surface area contributed by atoms with Gasteiger partial charge in [0, 0.05) is 39.3 Å². The summed E-state index contributed by atoms with van der Waals surface area (Å²) in [6.45, 7) is 2.59. The van der Waals surface area contributed by atoms with Crippen molar-refractivity contribution in [2.24, 2.45) is 10.4 Å². The first-order valence-corrected chi connectivity index (χ1v) is 9.36. The summed E-state index contributed by atoms with van der Waals surface area (Å²) in [5.41, 5.74) is 0.390. The van der Waals surface area contributed by atoms with Crippen molar-refractivity contribution in [2.75, 3.05) is 26.8 Å². The zero-order valence-electron chi connectivity index (χ0n) is 15.3. The fourth-order valence-corrected chi connectivity index (χ4v) is 3.40. The minimum absolute atomic E-state index is 0. The van der Waals surface area contributed by atoms with Crippen molar-refractivity contribution in [3.63, 3.8) is 0 Å². The largest absolute Gasteiger partial charge is 0.469 e. The number of aliphatic imine (C=N–C) groups is 1. The van der Waals surface area contributed by atoms with E-state index in [1.54, 1.807) is 13.4 Å². The number of guanidine groups is 1. The molecule has 1 aromatic rings. The molecule has 6 heteroatoms. The van der Waals surface area contributed by atoms with Crippen molar-refractivity contribution in [3.05, 3.63) is 24.2 Å². The number of furan rings is 1. The number of ether oxygens (including phenoxy) is 1. The first-order chi connectivity index (χ1) is 11.8. The Morgan fingerprint density at radius 1 is 1.36 bits per heavy atom. The molecule has 2 N–H and O–H groups in total. The summed E-state index contributed by atoms with van der Waals surface area (Å²) in [5, 5.41) is 7.12. The maximum Gasteiger partial charge on any atom is 0.191 e. The molecular weight excluding hydrogens is 429 g/mol. The molecule has 0 saturated heterocycles. The normalized spacial score (nSPS) is 19.5. The number of nitrogens with zero attached hydrogens (tertiary/aromatic N) is 1. The molecule has 0 bridgehead atoms. The van der Waals surface area contributed by atoms with Crippen LogP contribution >= 0.6 is 24.0 Å². The Hall–Kier alpha value is -0.760. The Balaban J connectivity index is 0.00000225. The van der Waals surface area contributed by atoms with Crippen molar-refractivity contribution in [3.8, 4) is 0 Å². The summed E-state index contributed by atoms with van der Waals surface area (Å²) >= 11 is 0. The van der Waals surface area contributed by atoms with Gasteiger partial charge in [-0.15, -0.1) is 24.0 Å². The van der Waals surface area contributed by atoms with E-state index >= 15 is 0 Å². The SMILES string of the molecule is COCCC1(CN=C(NCCc2ccco2)NC2CCCC2)CC1.I.